The van der Waals surface area contributed by atoms with Gasteiger partial charge in [0, 0.05) is 18.6 Å². The van der Waals surface area contributed by atoms with Gasteiger partial charge in [-0.05, 0) is 17.5 Å². The molecule has 0 radical (unpaired) electrons. The van der Waals surface area contributed by atoms with Gasteiger partial charge < -0.3 is 10.8 Å². The molecule has 2 heteroatoms. The van der Waals surface area contributed by atoms with E-state index in [0.717, 1.165) is 12.0 Å². The van der Waals surface area contributed by atoms with Crippen LogP contribution in [0.15, 0.2) is 60.7 Å². The Bertz CT molecular complexity index is 455. The lowest BCUT2D eigenvalue weighted by Gasteiger charge is -2.22. The lowest BCUT2D eigenvalue weighted by molar-refractivity contribution is 0.204. The first kappa shape index (κ1) is 12.8. The molecule has 2 aromatic carbocycles. The number of hydrogen-bond donors (Lipinski definition) is 2. The summed E-state index contributed by atoms with van der Waals surface area (Å²) in [6.07, 6.45) is 0.799. The van der Waals surface area contributed by atoms with E-state index in [1.165, 1.54) is 5.56 Å². The highest BCUT2D eigenvalue weighted by molar-refractivity contribution is 5.21. The predicted molar refractivity (Wildman–Crippen MR) is 74.1 cm³/mol. The van der Waals surface area contributed by atoms with Crippen LogP contribution in [0.5, 0.6) is 0 Å². The lowest BCUT2D eigenvalue weighted by atomic mass is 9.89. The van der Waals surface area contributed by atoms with E-state index < -0.39 is 0 Å². The van der Waals surface area contributed by atoms with Crippen LogP contribution in [0, 0.1) is 5.92 Å². The van der Waals surface area contributed by atoms with Crippen LogP contribution in [0.25, 0.3) is 0 Å². The van der Waals surface area contributed by atoms with Crippen LogP contribution in [-0.4, -0.2) is 11.7 Å². The summed E-state index contributed by atoms with van der Waals surface area (Å²) < 4.78 is 0. The largest absolute Gasteiger partial charge is 0.396 e. The molecule has 0 amide bonds. The molecule has 0 aliphatic carbocycles. The van der Waals surface area contributed by atoms with E-state index in [1.807, 2.05) is 48.5 Å². The number of aliphatic hydroxyl groups is 1. The zero-order chi connectivity index (χ0) is 12.8. The third kappa shape index (κ3) is 3.19. The summed E-state index contributed by atoms with van der Waals surface area (Å²) in [7, 11) is 0. The smallest absolute Gasteiger partial charge is 0.0480 e. The number of rotatable bonds is 5. The maximum absolute atomic E-state index is 9.54. The normalized spacial score (nSPS) is 14.1. The Hall–Kier alpha value is -1.64. The van der Waals surface area contributed by atoms with Crippen molar-refractivity contribution in [1.82, 2.24) is 0 Å². The van der Waals surface area contributed by atoms with Crippen molar-refractivity contribution < 1.29 is 5.11 Å². The van der Waals surface area contributed by atoms with Gasteiger partial charge in [0.15, 0.2) is 0 Å². The molecule has 0 unspecified atom stereocenters. The first-order valence-electron chi connectivity index (χ1n) is 6.26. The molecular weight excluding hydrogens is 222 g/mol. The van der Waals surface area contributed by atoms with Crippen molar-refractivity contribution in [2.45, 2.75) is 12.5 Å². The summed E-state index contributed by atoms with van der Waals surface area (Å²) in [5.41, 5.74) is 8.53. The van der Waals surface area contributed by atoms with E-state index in [9.17, 15) is 5.11 Å². The van der Waals surface area contributed by atoms with Crippen LogP contribution in [0.1, 0.15) is 17.2 Å². The van der Waals surface area contributed by atoms with E-state index in [-0.39, 0.29) is 18.6 Å². The molecule has 0 aliphatic heterocycles. The minimum atomic E-state index is -0.128. The first-order valence-corrected chi connectivity index (χ1v) is 6.26. The average Bonchev–Trinajstić information content (AvgIpc) is 2.46. The van der Waals surface area contributed by atoms with Gasteiger partial charge in [0.25, 0.3) is 0 Å². The maximum Gasteiger partial charge on any atom is 0.0480 e. The monoisotopic (exact) mass is 241 g/mol. The highest BCUT2D eigenvalue weighted by atomic mass is 16.3. The van der Waals surface area contributed by atoms with Crippen molar-refractivity contribution in [1.29, 1.82) is 0 Å². The van der Waals surface area contributed by atoms with Gasteiger partial charge in [-0.3, -0.25) is 0 Å². The van der Waals surface area contributed by atoms with E-state index >= 15 is 0 Å². The fourth-order valence-corrected chi connectivity index (χ4v) is 2.17. The van der Waals surface area contributed by atoms with Crippen LogP contribution in [0.2, 0.25) is 0 Å². The van der Waals surface area contributed by atoms with Gasteiger partial charge in [-0.15, -0.1) is 0 Å². The fraction of sp³-hybridized carbons (Fsp3) is 0.250. The molecule has 0 saturated carbocycles. The summed E-state index contributed by atoms with van der Waals surface area (Å²) in [6.45, 7) is 0.102. The van der Waals surface area contributed by atoms with Crippen molar-refractivity contribution in [2.75, 3.05) is 6.61 Å². The molecule has 2 rings (SSSR count). The van der Waals surface area contributed by atoms with Crippen molar-refractivity contribution in [2.24, 2.45) is 11.7 Å². The Labute approximate surface area is 108 Å². The summed E-state index contributed by atoms with van der Waals surface area (Å²) >= 11 is 0. The Morgan fingerprint density at radius 2 is 1.44 bits per heavy atom. The molecular formula is C16H19NO. The summed E-state index contributed by atoms with van der Waals surface area (Å²) in [6, 6.07) is 20.0. The van der Waals surface area contributed by atoms with Crippen LogP contribution >= 0.6 is 0 Å². The molecule has 0 aliphatic rings. The summed E-state index contributed by atoms with van der Waals surface area (Å²) in [5.74, 6) is 0.0507. The number of nitrogens with two attached hydrogens (primary N) is 1. The number of benzene rings is 2. The standard InChI is InChI=1S/C16H19NO/c17-16(14-9-5-2-6-10-14)15(12-18)11-13-7-3-1-4-8-13/h1-10,15-16,18H,11-12,17H2/t15-,16-/m1/s1. The Balaban J connectivity index is 2.09. The van der Waals surface area contributed by atoms with E-state index in [1.54, 1.807) is 0 Å². The Kier molecular flexibility index (Phi) is 4.51. The lowest BCUT2D eigenvalue weighted by Crippen LogP contribution is -2.26. The second-order valence-corrected chi connectivity index (χ2v) is 4.57. The van der Waals surface area contributed by atoms with Crippen LogP contribution in [0.4, 0.5) is 0 Å². The fourth-order valence-electron chi connectivity index (χ4n) is 2.17. The minimum absolute atomic E-state index is 0.0507. The maximum atomic E-state index is 9.54. The SMILES string of the molecule is N[C@H](c1ccccc1)[C@@H](CO)Cc1ccccc1. The third-order valence-electron chi connectivity index (χ3n) is 3.27. The van der Waals surface area contributed by atoms with Crippen LogP contribution in [-0.2, 0) is 6.42 Å². The highest BCUT2D eigenvalue weighted by Crippen LogP contribution is 2.22. The zero-order valence-electron chi connectivity index (χ0n) is 10.4. The van der Waals surface area contributed by atoms with Gasteiger partial charge >= 0.3 is 0 Å². The second-order valence-electron chi connectivity index (χ2n) is 4.57. The number of hydrogen-bond acceptors (Lipinski definition) is 2. The summed E-state index contributed by atoms with van der Waals surface area (Å²) in [4.78, 5) is 0. The molecule has 0 heterocycles. The quantitative estimate of drug-likeness (QED) is 0.845. The molecule has 0 saturated heterocycles. The molecule has 0 aromatic heterocycles. The van der Waals surface area contributed by atoms with Gasteiger partial charge in [-0.1, -0.05) is 60.7 Å². The van der Waals surface area contributed by atoms with E-state index in [4.69, 9.17) is 5.73 Å². The van der Waals surface area contributed by atoms with Gasteiger partial charge in [0.1, 0.15) is 0 Å². The average molecular weight is 241 g/mol. The molecule has 0 fully saturated rings. The molecule has 3 N–H and O–H groups in total. The molecule has 94 valence electrons. The molecule has 2 aromatic rings. The Morgan fingerprint density at radius 1 is 0.889 bits per heavy atom. The third-order valence-corrected chi connectivity index (χ3v) is 3.27. The Morgan fingerprint density at radius 3 is 2.00 bits per heavy atom. The molecule has 0 spiro atoms. The first-order chi connectivity index (χ1) is 8.81. The summed E-state index contributed by atoms with van der Waals surface area (Å²) in [5, 5.41) is 9.54. The van der Waals surface area contributed by atoms with E-state index in [2.05, 4.69) is 12.1 Å². The van der Waals surface area contributed by atoms with Crippen LogP contribution in [0.3, 0.4) is 0 Å². The van der Waals surface area contributed by atoms with Crippen molar-refractivity contribution in [3.63, 3.8) is 0 Å². The number of aliphatic hydroxyl groups excluding tert-OH is 1. The minimum Gasteiger partial charge on any atom is -0.396 e. The highest BCUT2D eigenvalue weighted by Gasteiger charge is 2.18. The molecule has 0 bridgehead atoms. The van der Waals surface area contributed by atoms with E-state index in [0.29, 0.717) is 0 Å². The molecule has 18 heavy (non-hydrogen) atoms. The van der Waals surface area contributed by atoms with Crippen LogP contribution < -0.4 is 5.73 Å². The second kappa shape index (κ2) is 6.34. The van der Waals surface area contributed by atoms with Gasteiger partial charge in [0.2, 0.25) is 0 Å². The van der Waals surface area contributed by atoms with Gasteiger partial charge in [-0.2, -0.15) is 0 Å². The topological polar surface area (TPSA) is 46.2 Å². The predicted octanol–water partition coefficient (Wildman–Crippen LogP) is 2.54. The van der Waals surface area contributed by atoms with Crippen molar-refractivity contribution in [3.05, 3.63) is 71.8 Å². The van der Waals surface area contributed by atoms with Gasteiger partial charge in [-0.25, -0.2) is 0 Å². The van der Waals surface area contributed by atoms with Crippen molar-refractivity contribution in [3.8, 4) is 0 Å². The molecule has 2 nitrogen and oxygen atoms in total. The zero-order valence-corrected chi connectivity index (χ0v) is 10.4. The van der Waals surface area contributed by atoms with Crippen molar-refractivity contribution >= 4 is 0 Å². The van der Waals surface area contributed by atoms with Gasteiger partial charge in [0.05, 0.1) is 0 Å². The molecule has 2 atom stereocenters.